The molecule has 0 aliphatic heterocycles. The molecule has 0 unspecified atom stereocenters. The second-order valence-electron chi connectivity index (χ2n) is 4.70. The first-order valence-electron chi connectivity index (χ1n) is 6.30. The highest BCUT2D eigenvalue weighted by molar-refractivity contribution is 5.82. The fraction of sp³-hybridized carbons (Fsp3) is 0.692. The summed E-state index contributed by atoms with van der Waals surface area (Å²) in [5.74, 6) is -0.833. The van der Waals surface area contributed by atoms with Crippen LogP contribution in [-0.2, 0) is 9.53 Å². The third kappa shape index (κ3) is 7.46. The average Bonchev–Trinajstić information content (AvgIpc) is 2.32. The number of hydrogen-bond donors (Lipinski definition) is 2. The minimum absolute atomic E-state index is 0.188. The van der Waals surface area contributed by atoms with E-state index >= 15 is 0 Å². The van der Waals surface area contributed by atoms with Gasteiger partial charge in [0.25, 0.3) is 0 Å². The summed E-state index contributed by atoms with van der Waals surface area (Å²) < 4.78 is 4.91. The number of rotatable bonds is 9. The number of nitrogens with one attached hydrogen (secondary N) is 1. The summed E-state index contributed by atoms with van der Waals surface area (Å²) in [5, 5.41) is 11.6. The SMILES string of the molecule is C=CCN(CCOC)C(=O)N[C@@H](CC(C)C)C(=O)O. The molecule has 110 valence electrons. The molecule has 0 aliphatic carbocycles. The highest BCUT2D eigenvalue weighted by atomic mass is 16.5. The number of carboxylic acid groups (broad SMARTS) is 1. The maximum absolute atomic E-state index is 12.0. The number of urea groups is 1. The van der Waals surface area contributed by atoms with Crippen LogP contribution in [0.5, 0.6) is 0 Å². The van der Waals surface area contributed by atoms with Crippen molar-refractivity contribution in [2.45, 2.75) is 26.3 Å². The molecule has 0 aromatic heterocycles. The number of ether oxygens (including phenoxy) is 1. The van der Waals surface area contributed by atoms with Crippen LogP contribution in [0, 0.1) is 5.92 Å². The Bertz CT molecular complexity index is 305. The highest BCUT2D eigenvalue weighted by Gasteiger charge is 2.23. The van der Waals surface area contributed by atoms with Gasteiger partial charge in [0.05, 0.1) is 6.61 Å². The Morgan fingerprint density at radius 3 is 2.53 bits per heavy atom. The predicted octanol–water partition coefficient (Wildman–Crippen LogP) is 1.33. The van der Waals surface area contributed by atoms with E-state index < -0.39 is 18.0 Å². The summed E-state index contributed by atoms with van der Waals surface area (Å²) in [6.07, 6.45) is 1.99. The molecule has 2 N–H and O–H groups in total. The summed E-state index contributed by atoms with van der Waals surface area (Å²) in [7, 11) is 1.54. The fourth-order valence-corrected chi connectivity index (χ4v) is 1.57. The van der Waals surface area contributed by atoms with Gasteiger partial charge in [-0.2, -0.15) is 0 Å². The van der Waals surface area contributed by atoms with E-state index in [-0.39, 0.29) is 5.92 Å². The maximum Gasteiger partial charge on any atom is 0.326 e. The average molecular weight is 272 g/mol. The van der Waals surface area contributed by atoms with E-state index in [9.17, 15) is 9.59 Å². The zero-order valence-corrected chi connectivity index (χ0v) is 11.9. The lowest BCUT2D eigenvalue weighted by Crippen LogP contribution is -2.49. The van der Waals surface area contributed by atoms with E-state index in [0.29, 0.717) is 26.1 Å². The van der Waals surface area contributed by atoms with Crippen LogP contribution in [0.1, 0.15) is 20.3 Å². The number of amides is 2. The smallest absolute Gasteiger partial charge is 0.326 e. The van der Waals surface area contributed by atoms with Crippen molar-refractivity contribution in [1.82, 2.24) is 10.2 Å². The quantitative estimate of drug-likeness (QED) is 0.621. The summed E-state index contributed by atoms with van der Waals surface area (Å²) in [4.78, 5) is 24.5. The van der Waals surface area contributed by atoms with Gasteiger partial charge in [-0.1, -0.05) is 19.9 Å². The first-order chi connectivity index (χ1) is 8.92. The van der Waals surface area contributed by atoms with Crippen molar-refractivity contribution in [3.63, 3.8) is 0 Å². The molecule has 0 saturated carbocycles. The van der Waals surface area contributed by atoms with Gasteiger partial charge in [0.15, 0.2) is 0 Å². The predicted molar refractivity (Wildman–Crippen MR) is 73.1 cm³/mol. The number of aliphatic carboxylic acids is 1. The Morgan fingerprint density at radius 1 is 1.47 bits per heavy atom. The molecule has 6 heteroatoms. The molecular formula is C13H24N2O4. The van der Waals surface area contributed by atoms with Crippen LogP contribution in [-0.4, -0.2) is 54.9 Å². The molecule has 0 aromatic carbocycles. The molecule has 0 aromatic rings. The number of carbonyl (C=O) groups is 2. The molecule has 0 radical (unpaired) electrons. The third-order valence-corrected chi connectivity index (χ3v) is 2.50. The van der Waals surface area contributed by atoms with Gasteiger partial charge < -0.3 is 20.1 Å². The van der Waals surface area contributed by atoms with Crippen LogP contribution in [0.15, 0.2) is 12.7 Å². The lowest BCUT2D eigenvalue weighted by atomic mass is 10.0. The molecule has 0 aliphatic rings. The number of hydrogen-bond acceptors (Lipinski definition) is 3. The second-order valence-corrected chi connectivity index (χ2v) is 4.70. The van der Waals surface area contributed by atoms with E-state index in [2.05, 4.69) is 11.9 Å². The van der Waals surface area contributed by atoms with Crippen molar-refractivity contribution in [3.8, 4) is 0 Å². The Labute approximate surface area is 114 Å². The van der Waals surface area contributed by atoms with Crippen molar-refractivity contribution >= 4 is 12.0 Å². The normalized spacial score (nSPS) is 12.0. The van der Waals surface area contributed by atoms with Gasteiger partial charge in [-0.3, -0.25) is 0 Å². The van der Waals surface area contributed by atoms with E-state index in [1.165, 1.54) is 4.90 Å². The fourth-order valence-electron chi connectivity index (χ4n) is 1.57. The largest absolute Gasteiger partial charge is 0.480 e. The minimum atomic E-state index is -1.02. The molecule has 0 rings (SSSR count). The van der Waals surface area contributed by atoms with E-state index in [1.54, 1.807) is 13.2 Å². The van der Waals surface area contributed by atoms with Crippen molar-refractivity contribution in [2.24, 2.45) is 5.92 Å². The Morgan fingerprint density at radius 2 is 2.11 bits per heavy atom. The topological polar surface area (TPSA) is 78.9 Å². The zero-order valence-electron chi connectivity index (χ0n) is 11.9. The number of carbonyl (C=O) groups excluding carboxylic acids is 1. The minimum Gasteiger partial charge on any atom is -0.480 e. The molecule has 0 heterocycles. The molecule has 0 spiro atoms. The maximum atomic E-state index is 12.0. The Balaban J connectivity index is 4.55. The summed E-state index contributed by atoms with van der Waals surface area (Å²) >= 11 is 0. The van der Waals surface area contributed by atoms with E-state index in [4.69, 9.17) is 9.84 Å². The van der Waals surface area contributed by atoms with Crippen LogP contribution in [0.2, 0.25) is 0 Å². The molecule has 2 amide bonds. The molecule has 0 fully saturated rings. The van der Waals surface area contributed by atoms with Gasteiger partial charge in [-0.05, 0) is 12.3 Å². The van der Waals surface area contributed by atoms with Gasteiger partial charge >= 0.3 is 12.0 Å². The Kier molecular flexibility index (Phi) is 8.61. The monoisotopic (exact) mass is 272 g/mol. The standard InChI is InChI=1S/C13H24N2O4/c1-5-6-15(7-8-19-4)13(18)14-11(12(16)17)9-10(2)3/h5,10-11H,1,6-9H2,2-4H3,(H,14,18)(H,16,17)/t11-/m0/s1. The van der Waals surface area contributed by atoms with Crippen molar-refractivity contribution in [3.05, 3.63) is 12.7 Å². The molecule has 6 nitrogen and oxygen atoms in total. The van der Waals surface area contributed by atoms with Gasteiger partial charge in [0, 0.05) is 20.2 Å². The first kappa shape index (κ1) is 17.4. The van der Waals surface area contributed by atoms with Gasteiger partial charge in [-0.25, -0.2) is 9.59 Å². The highest BCUT2D eigenvalue weighted by Crippen LogP contribution is 2.05. The molecular weight excluding hydrogens is 248 g/mol. The lowest BCUT2D eigenvalue weighted by molar-refractivity contribution is -0.139. The molecule has 0 bridgehead atoms. The first-order valence-corrected chi connectivity index (χ1v) is 6.30. The van der Waals surface area contributed by atoms with Gasteiger partial charge in [0.1, 0.15) is 6.04 Å². The molecule has 19 heavy (non-hydrogen) atoms. The molecule has 1 atom stereocenters. The lowest BCUT2D eigenvalue weighted by Gasteiger charge is -2.24. The summed E-state index contributed by atoms with van der Waals surface area (Å²) in [5.41, 5.74) is 0. The van der Waals surface area contributed by atoms with Gasteiger partial charge in [0.2, 0.25) is 0 Å². The van der Waals surface area contributed by atoms with E-state index in [1.807, 2.05) is 13.8 Å². The van der Waals surface area contributed by atoms with Crippen LogP contribution < -0.4 is 5.32 Å². The van der Waals surface area contributed by atoms with Crippen molar-refractivity contribution in [1.29, 1.82) is 0 Å². The van der Waals surface area contributed by atoms with Crippen LogP contribution >= 0.6 is 0 Å². The number of carboxylic acids is 1. The summed E-state index contributed by atoms with van der Waals surface area (Å²) in [6.45, 7) is 8.53. The zero-order chi connectivity index (χ0) is 14.8. The van der Waals surface area contributed by atoms with Crippen molar-refractivity contribution < 1.29 is 19.4 Å². The Hall–Kier alpha value is -1.56. The van der Waals surface area contributed by atoms with Crippen molar-refractivity contribution in [2.75, 3.05) is 26.8 Å². The number of methoxy groups -OCH3 is 1. The van der Waals surface area contributed by atoms with Crippen LogP contribution in [0.25, 0.3) is 0 Å². The summed E-state index contributed by atoms with van der Waals surface area (Å²) in [6, 6.07) is -1.28. The third-order valence-electron chi connectivity index (χ3n) is 2.50. The second kappa shape index (κ2) is 9.38. The van der Waals surface area contributed by atoms with Crippen LogP contribution in [0.4, 0.5) is 4.79 Å². The number of nitrogens with zero attached hydrogens (tertiary/aromatic N) is 1. The molecule has 0 saturated heterocycles. The van der Waals surface area contributed by atoms with Gasteiger partial charge in [-0.15, -0.1) is 6.58 Å². The van der Waals surface area contributed by atoms with E-state index in [0.717, 1.165) is 0 Å². The van der Waals surface area contributed by atoms with Crippen LogP contribution in [0.3, 0.4) is 0 Å².